The van der Waals surface area contributed by atoms with Crippen molar-refractivity contribution in [2.75, 3.05) is 6.61 Å². The van der Waals surface area contributed by atoms with Gasteiger partial charge in [-0.2, -0.15) is 0 Å². The molecule has 26 heavy (non-hydrogen) atoms. The van der Waals surface area contributed by atoms with Crippen LogP contribution in [0.25, 0.3) is 0 Å². The van der Waals surface area contributed by atoms with Gasteiger partial charge in [0.15, 0.2) is 0 Å². The Kier molecular flexibility index (Phi) is 5.63. The summed E-state index contributed by atoms with van der Waals surface area (Å²) < 4.78 is 16.9. The number of esters is 1. The normalized spacial score (nSPS) is 19.1. The van der Waals surface area contributed by atoms with Crippen molar-refractivity contribution in [2.24, 2.45) is 0 Å². The predicted molar refractivity (Wildman–Crippen MR) is 101 cm³/mol. The molecule has 0 bridgehead atoms. The van der Waals surface area contributed by atoms with Gasteiger partial charge in [-0.15, -0.1) is 0 Å². The Morgan fingerprint density at radius 1 is 1.15 bits per heavy atom. The van der Waals surface area contributed by atoms with E-state index in [1.165, 1.54) is 6.92 Å². The van der Waals surface area contributed by atoms with Crippen molar-refractivity contribution >= 4 is 24.3 Å². The first-order chi connectivity index (χ1) is 12.0. The molecule has 0 radical (unpaired) electrons. The largest absolute Gasteiger partial charge is 0.512 e. The molecule has 1 aliphatic rings. The van der Waals surface area contributed by atoms with Gasteiger partial charge in [-0.05, 0) is 47.0 Å². The lowest BCUT2D eigenvalue weighted by Gasteiger charge is -2.32. The fourth-order valence-electron chi connectivity index (χ4n) is 2.56. The number of allylic oxidation sites excluding steroid dienone is 1. The first kappa shape index (κ1) is 20.2. The second kappa shape index (κ2) is 7.25. The predicted octanol–water partition coefficient (Wildman–Crippen LogP) is 2.75. The molecule has 7 heteroatoms. The number of hydrogen-bond donors (Lipinski definition) is 2. The van der Waals surface area contributed by atoms with Crippen molar-refractivity contribution in [3.05, 3.63) is 41.2 Å². The molecule has 2 rings (SSSR count). The Hall–Kier alpha value is -2.12. The van der Waals surface area contributed by atoms with Gasteiger partial charge < -0.3 is 19.2 Å². The number of rotatable bonds is 5. The van der Waals surface area contributed by atoms with Crippen LogP contribution in [0.1, 0.15) is 47.1 Å². The molecule has 1 saturated heterocycles. The lowest BCUT2D eigenvalue weighted by molar-refractivity contribution is -0.138. The standard InChI is InChI=1S/C19H26BNO5/c1-7-24-17(23)15(12(2)22)16(21)13-8-10-14(11-9-13)20-25-18(3,4)19(5,6)26-20/h8-11,21-22H,7H2,1-6H3/b15-12-,21-16?. The van der Waals surface area contributed by atoms with Gasteiger partial charge in [0.25, 0.3) is 0 Å². The molecule has 2 N–H and O–H groups in total. The summed E-state index contributed by atoms with van der Waals surface area (Å²) in [7, 11) is -0.497. The number of hydrogen-bond acceptors (Lipinski definition) is 6. The minimum atomic E-state index is -0.715. The first-order valence-electron chi connectivity index (χ1n) is 8.62. The van der Waals surface area contributed by atoms with E-state index in [9.17, 15) is 9.90 Å². The summed E-state index contributed by atoms with van der Waals surface area (Å²) in [5.74, 6) is -0.962. The van der Waals surface area contributed by atoms with E-state index in [0.29, 0.717) is 5.56 Å². The summed E-state index contributed by atoms with van der Waals surface area (Å²) in [4.78, 5) is 12.0. The molecular weight excluding hydrogens is 333 g/mol. The van der Waals surface area contributed by atoms with Gasteiger partial charge in [0.05, 0.1) is 23.5 Å². The maximum absolute atomic E-state index is 12.0. The molecule has 0 atom stereocenters. The first-order valence-corrected chi connectivity index (χ1v) is 8.62. The number of nitrogens with one attached hydrogen (secondary N) is 1. The average Bonchev–Trinajstić information content (AvgIpc) is 2.75. The molecule has 6 nitrogen and oxygen atoms in total. The molecule has 1 aromatic carbocycles. The number of carbonyl (C=O) groups is 1. The summed E-state index contributed by atoms with van der Waals surface area (Å²) in [6.07, 6.45) is 0. The van der Waals surface area contributed by atoms with Crippen LogP contribution in [0.3, 0.4) is 0 Å². The second-order valence-corrected chi connectivity index (χ2v) is 7.27. The maximum Gasteiger partial charge on any atom is 0.494 e. The molecule has 140 valence electrons. The van der Waals surface area contributed by atoms with Crippen LogP contribution in [0.2, 0.25) is 0 Å². The summed E-state index contributed by atoms with van der Waals surface area (Å²) in [5.41, 5.74) is 0.205. The second-order valence-electron chi connectivity index (χ2n) is 7.27. The SMILES string of the molecule is CCOC(=O)/C(C(=N)c1ccc(B2OC(C)(C)C(C)(C)O2)cc1)=C(/C)O. The number of aliphatic hydroxyl groups excluding tert-OH is 1. The zero-order chi connectivity index (χ0) is 19.7. The van der Waals surface area contributed by atoms with Crippen molar-refractivity contribution in [3.63, 3.8) is 0 Å². The Labute approximate surface area is 154 Å². The average molecular weight is 359 g/mol. The van der Waals surface area contributed by atoms with Gasteiger partial charge >= 0.3 is 13.1 Å². The number of aliphatic hydroxyl groups is 1. The van der Waals surface area contributed by atoms with E-state index in [4.69, 9.17) is 19.5 Å². The van der Waals surface area contributed by atoms with Crippen LogP contribution in [-0.2, 0) is 18.8 Å². The molecule has 1 fully saturated rings. The number of ether oxygens (including phenoxy) is 1. The smallest absolute Gasteiger partial charge is 0.494 e. The molecule has 0 spiro atoms. The monoisotopic (exact) mass is 359 g/mol. The van der Waals surface area contributed by atoms with Crippen molar-refractivity contribution in [1.82, 2.24) is 0 Å². The molecule has 0 aliphatic carbocycles. The topological polar surface area (TPSA) is 88.8 Å². The zero-order valence-corrected chi connectivity index (χ0v) is 16.2. The Balaban J connectivity index is 2.23. The zero-order valence-electron chi connectivity index (χ0n) is 16.2. The van der Waals surface area contributed by atoms with Crippen LogP contribution >= 0.6 is 0 Å². The highest BCUT2D eigenvalue weighted by atomic mass is 16.7. The Morgan fingerprint density at radius 2 is 1.65 bits per heavy atom. The van der Waals surface area contributed by atoms with Crippen LogP contribution in [-0.4, -0.2) is 41.7 Å². The Morgan fingerprint density at radius 3 is 2.08 bits per heavy atom. The number of carbonyl (C=O) groups excluding carboxylic acids is 1. The minimum Gasteiger partial charge on any atom is -0.512 e. The molecule has 1 aromatic rings. The lowest BCUT2D eigenvalue weighted by atomic mass is 9.78. The maximum atomic E-state index is 12.0. The fraction of sp³-hybridized carbons (Fsp3) is 0.474. The van der Waals surface area contributed by atoms with E-state index >= 15 is 0 Å². The van der Waals surface area contributed by atoms with Crippen LogP contribution in [0, 0.1) is 5.41 Å². The highest BCUT2D eigenvalue weighted by molar-refractivity contribution is 6.62. The van der Waals surface area contributed by atoms with Crippen LogP contribution in [0.5, 0.6) is 0 Å². The van der Waals surface area contributed by atoms with Gasteiger partial charge in [0, 0.05) is 5.56 Å². The lowest BCUT2D eigenvalue weighted by Crippen LogP contribution is -2.41. The molecule has 0 saturated carbocycles. The molecular formula is C19H26BNO5. The third kappa shape index (κ3) is 3.84. The van der Waals surface area contributed by atoms with Gasteiger partial charge in [0.1, 0.15) is 11.3 Å². The third-order valence-corrected chi connectivity index (χ3v) is 4.82. The third-order valence-electron chi connectivity index (χ3n) is 4.82. The quantitative estimate of drug-likeness (QED) is 0.277. The van der Waals surface area contributed by atoms with Crippen LogP contribution < -0.4 is 5.46 Å². The fourth-order valence-corrected chi connectivity index (χ4v) is 2.56. The molecule has 1 heterocycles. The van der Waals surface area contributed by atoms with Gasteiger partial charge in [0.2, 0.25) is 0 Å². The van der Waals surface area contributed by atoms with E-state index < -0.39 is 24.3 Å². The van der Waals surface area contributed by atoms with Gasteiger partial charge in [-0.25, -0.2) is 4.79 Å². The molecule has 1 aliphatic heterocycles. The van der Waals surface area contributed by atoms with E-state index in [1.54, 1.807) is 31.2 Å². The minimum absolute atomic E-state index is 0.0936. The van der Waals surface area contributed by atoms with E-state index in [2.05, 4.69) is 0 Å². The molecule has 0 aromatic heterocycles. The van der Waals surface area contributed by atoms with Crippen molar-refractivity contribution in [1.29, 1.82) is 5.41 Å². The molecule has 0 amide bonds. The van der Waals surface area contributed by atoms with E-state index in [1.807, 2.05) is 27.7 Å². The van der Waals surface area contributed by atoms with Gasteiger partial charge in [-0.3, -0.25) is 5.41 Å². The number of benzene rings is 1. The summed E-state index contributed by atoms with van der Waals surface area (Å²) in [6.45, 7) is 11.1. The summed E-state index contributed by atoms with van der Waals surface area (Å²) in [5, 5.41) is 18.0. The van der Waals surface area contributed by atoms with E-state index in [0.717, 1.165) is 5.46 Å². The van der Waals surface area contributed by atoms with Gasteiger partial charge in [-0.1, -0.05) is 24.3 Å². The van der Waals surface area contributed by atoms with Crippen LogP contribution in [0.15, 0.2) is 35.6 Å². The Bertz CT molecular complexity index is 717. The van der Waals surface area contributed by atoms with Crippen LogP contribution in [0.4, 0.5) is 0 Å². The highest BCUT2D eigenvalue weighted by Crippen LogP contribution is 2.36. The van der Waals surface area contributed by atoms with Crippen molar-refractivity contribution in [3.8, 4) is 0 Å². The highest BCUT2D eigenvalue weighted by Gasteiger charge is 2.51. The van der Waals surface area contributed by atoms with Crippen molar-refractivity contribution < 1.29 is 23.9 Å². The molecule has 0 unspecified atom stereocenters. The summed E-state index contributed by atoms with van der Waals surface area (Å²) >= 11 is 0. The van der Waals surface area contributed by atoms with E-state index in [-0.39, 0.29) is 23.7 Å². The van der Waals surface area contributed by atoms with Crippen molar-refractivity contribution in [2.45, 2.75) is 52.7 Å². The summed E-state index contributed by atoms with van der Waals surface area (Å²) in [6, 6.07) is 6.98.